The van der Waals surface area contributed by atoms with Crippen LogP contribution < -0.4 is 5.73 Å². The third-order valence-corrected chi connectivity index (χ3v) is 3.06. The fraction of sp³-hybridized carbons (Fsp3) is 0.500. The smallest absolute Gasteiger partial charge is 0.137 e. The van der Waals surface area contributed by atoms with E-state index in [1.165, 1.54) is 0 Å². The van der Waals surface area contributed by atoms with Crippen molar-refractivity contribution in [3.63, 3.8) is 0 Å². The highest BCUT2D eigenvalue weighted by atomic mass is 35.5. The topological polar surface area (TPSA) is 43.1 Å². The number of rotatable bonds is 6. The maximum atomic E-state index is 11.7. The van der Waals surface area contributed by atoms with E-state index in [4.69, 9.17) is 17.3 Å². The summed E-state index contributed by atoms with van der Waals surface area (Å²) in [4.78, 5) is 11.7. The summed E-state index contributed by atoms with van der Waals surface area (Å²) in [6.07, 6.45) is 2.77. The average molecular weight is 254 g/mol. The van der Waals surface area contributed by atoms with Crippen LogP contribution in [-0.4, -0.2) is 11.8 Å². The summed E-state index contributed by atoms with van der Waals surface area (Å²) in [5.41, 5.74) is 7.67. The van der Waals surface area contributed by atoms with Crippen LogP contribution in [0.3, 0.4) is 0 Å². The molecule has 1 aromatic carbocycles. The van der Waals surface area contributed by atoms with Gasteiger partial charge in [-0.3, -0.25) is 4.79 Å². The molecule has 17 heavy (non-hydrogen) atoms. The summed E-state index contributed by atoms with van der Waals surface area (Å²) in [5.74, 6) is 0.233. The normalized spacial score (nSPS) is 12.5. The van der Waals surface area contributed by atoms with Crippen molar-refractivity contribution in [1.82, 2.24) is 0 Å². The molecule has 2 N–H and O–H groups in total. The molecule has 1 atom stereocenters. The second kappa shape index (κ2) is 6.77. The molecule has 0 bridgehead atoms. The van der Waals surface area contributed by atoms with Crippen molar-refractivity contribution in [2.45, 2.75) is 45.6 Å². The Morgan fingerprint density at radius 3 is 2.76 bits per heavy atom. The van der Waals surface area contributed by atoms with Crippen molar-refractivity contribution >= 4 is 17.4 Å². The van der Waals surface area contributed by atoms with Crippen molar-refractivity contribution in [2.24, 2.45) is 5.73 Å². The fourth-order valence-corrected chi connectivity index (χ4v) is 2.02. The quantitative estimate of drug-likeness (QED) is 0.846. The molecule has 0 fully saturated rings. The van der Waals surface area contributed by atoms with Gasteiger partial charge < -0.3 is 5.73 Å². The number of Topliss-reactive ketones (excluding diaryl/α,β-unsaturated/α-hetero) is 1. The maximum absolute atomic E-state index is 11.7. The van der Waals surface area contributed by atoms with E-state index in [0.717, 1.165) is 24.0 Å². The van der Waals surface area contributed by atoms with E-state index in [0.29, 0.717) is 17.9 Å². The molecular formula is C14H20ClNO. The highest BCUT2D eigenvalue weighted by Crippen LogP contribution is 2.19. The molecule has 0 saturated carbocycles. The van der Waals surface area contributed by atoms with Crippen LogP contribution in [0, 0.1) is 6.92 Å². The molecule has 0 radical (unpaired) electrons. The number of hydrogen-bond acceptors (Lipinski definition) is 2. The Morgan fingerprint density at radius 2 is 2.18 bits per heavy atom. The molecule has 1 aromatic rings. The van der Waals surface area contributed by atoms with Gasteiger partial charge in [0.1, 0.15) is 5.78 Å². The lowest BCUT2D eigenvalue weighted by atomic mass is 10.0. The van der Waals surface area contributed by atoms with E-state index in [1.54, 1.807) is 0 Å². The first kappa shape index (κ1) is 14.2. The summed E-state index contributed by atoms with van der Waals surface area (Å²) in [6.45, 7) is 3.95. The minimum Gasteiger partial charge on any atom is -0.328 e. The molecule has 3 heteroatoms. The summed E-state index contributed by atoms with van der Waals surface area (Å²) in [7, 11) is 0. The standard InChI is InChI=1S/C14H20ClNO/c1-10-6-7-12(14(15)8-10)9-13(17)5-3-4-11(2)16/h6-8,11H,3-5,9,16H2,1-2H3. The van der Waals surface area contributed by atoms with Gasteiger partial charge in [-0.1, -0.05) is 23.7 Å². The van der Waals surface area contributed by atoms with Gasteiger partial charge in [0.15, 0.2) is 0 Å². The highest BCUT2D eigenvalue weighted by Gasteiger charge is 2.07. The summed E-state index contributed by atoms with van der Waals surface area (Å²) in [5, 5.41) is 0.686. The largest absolute Gasteiger partial charge is 0.328 e. The minimum absolute atomic E-state index is 0.172. The highest BCUT2D eigenvalue weighted by molar-refractivity contribution is 6.31. The summed E-state index contributed by atoms with van der Waals surface area (Å²) >= 11 is 6.09. The molecule has 0 aromatic heterocycles. The van der Waals surface area contributed by atoms with Gasteiger partial charge in [-0.15, -0.1) is 0 Å². The third-order valence-electron chi connectivity index (χ3n) is 2.71. The molecule has 0 aliphatic carbocycles. The van der Waals surface area contributed by atoms with E-state index in [2.05, 4.69) is 0 Å². The molecule has 0 aliphatic rings. The summed E-state index contributed by atoms with van der Waals surface area (Å²) < 4.78 is 0. The van der Waals surface area contributed by atoms with Crippen LogP contribution in [0.5, 0.6) is 0 Å². The van der Waals surface area contributed by atoms with Gasteiger partial charge in [-0.05, 0) is 43.9 Å². The fourth-order valence-electron chi connectivity index (χ4n) is 1.72. The van der Waals surface area contributed by atoms with Crippen LogP contribution in [0.2, 0.25) is 5.02 Å². The van der Waals surface area contributed by atoms with E-state index in [-0.39, 0.29) is 11.8 Å². The second-order valence-electron chi connectivity index (χ2n) is 4.68. The number of carbonyl (C=O) groups is 1. The number of carbonyl (C=O) groups excluding carboxylic acids is 1. The van der Waals surface area contributed by atoms with Gasteiger partial charge in [-0.2, -0.15) is 0 Å². The molecule has 94 valence electrons. The Balaban J connectivity index is 2.45. The van der Waals surface area contributed by atoms with Gasteiger partial charge >= 0.3 is 0 Å². The van der Waals surface area contributed by atoms with E-state index < -0.39 is 0 Å². The Hall–Kier alpha value is -0.860. The minimum atomic E-state index is 0.172. The van der Waals surface area contributed by atoms with Crippen LogP contribution >= 0.6 is 11.6 Å². The Labute approximate surface area is 108 Å². The van der Waals surface area contributed by atoms with Gasteiger partial charge in [0.05, 0.1) is 0 Å². The summed E-state index contributed by atoms with van der Waals surface area (Å²) in [6, 6.07) is 5.98. The third kappa shape index (κ3) is 5.33. The zero-order valence-corrected chi connectivity index (χ0v) is 11.3. The van der Waals surface area contributed by atoms with Crippen molar-refractivity contribution < 1.29 is 4.79 Å². The lowest BCUT2D eigenvalue weighted by molar-refractivity contribution is -0.118. The monoisotopic (exact) mass is 253 g/mol. The van der Waals surface area contributed by atoms with Crippen molar-refractivity contribution in [3.05, 3.63) is 34.3 Å². The Kier molecular flexibility index (Phi) is 5.66. The van der Waals surface area contributed by atoms with E-state index >= 15 is 0 Å². The SMILES string of the molecule is Cc1ccc(CC(=O)CCCC(C)N)c(Cl)c1. The van der Waals surface area contributed by atoms with Crippen LogP contribution in [-0.2, 0) is 11.2 Å². The predicted octanol–water partition coefficient (Wildman–Crippen LogP) is 3.28. The number of aryl methyl sites for hydroxylation is 1. The molecule has 0 heterocycles. The maximum Gasteiger partial charge on any atom is 0.137 e. The zero-order chi connectivity index (χ0) is 12.8. The van der Waals surface area contributed by atoms with Crippen LogP contribution in [0.1, 0.15) is 37.3 Å². The van der Waals surface area contributed by atoms with Gasteiger partial charge in [0.2, 0.25) is 0 Å². The van der Waals surface area contributed by atoms with E-state index in [1.807, 2.05) is 32.0 Å². The first-order valence-corrected chi connectivity index (χ1v) is 6.39. The molecule has 0 amide bonds. The lowest BCUT2D eigenvalue weighted by Gasteiger charge is -2.06. The second-order valence-corrected chi connectivity index (χ2v) is 5.09. The first-order valence-electron chi connectivity index (χ1n) is 6.01. The van der Waals surface area contributed by atoms with Crippen LogP contribution in [0.25, 0.3) is 0 Å². The van der Waals surface area contributed by atoms with Crippen molar-refractivity contribution in [3.8, 4) is 0 Å². The lowest BCUT2D eigenvalue weighted by Crippen LogP contribution is -2.15. The number of hydrogen-bond donors (Lipinski definition) is 1. The molecule has 0 aliphatic heterocycles. The van der Waals surface area contributed by atoms with Crippen LogP contribution in [0.15, 0.2) is 18.2 Å². The molecule has 0 saturated heterocycles. The molecular weight excluding hydrogens is 234 g/mol. The van der Waals surface area contributed by atoms with Gasteiger partial charge in [-0.25, -0.2) is 0 Å². The number of nitrogens with two attached hydrogens (primary N) is 1. The van der Waals surface area contributed by atoms with Crippen molar-refractivity contribution in [1.29, 1.82) is 0 Å². The predicted molar refractivity (Wildman–Crippen MR) is 72.4 cm³/mol. The van der Waals surface area contributed by atoms with Gasteiger partial charge in [0.25, 0.3) is 0 Å². The van der Waals surface area contributed by atoms with Gasteiger partial charge in [0, 0.05) is 23.9 Å². The van der Waals surface area contributed by atoms with E-state index in [9.17, 15) is 4.79 Å². The molecule has 1 rings (SSSR count). The van der Waals surface area contributed by atoms with Crippen LogP contribution in [0.4, 0.5) is 0 Å². The Morgan fingerprint density at radius 1 is 1.47 bits per heavy atom. The Bertz CT molecular complexity index is 388. The van der Waals surface area contributed by atoms with Crippen molar-refractivity contribution in [2.75, 3.05) is 0 Å². The molecule has 0 spiro atoms. The first-order chi connectivity index (χ1) is 7.99. The number of halogens is 1. The average Bonchev–Trinajstić information content (AvgIpc) is 2.21. The molecule has 1 unspecified atom stereocenters. The number of ketones is 1. The number of benzene rings is 1. The molecule has 2 nitrogen and oxygen atoms in total. The zero-order valence-electron chi connectivity index (χ0n) is 10.5.